The van der Waals surface area contributed by atoms with Crippen molar-refractivity contribution in [2.24, 2.45) is 5.92 Å². The number of para-hydroxylation sites is 1. The van der Waals surface area contributed by atoms with Crippen LogP contribution in [0.4, 0.5) is 23.1 Å². The Kier molecular flexibility index (Phi) is 6.50. The van der Waals surface area contributed by atoms with Gasteiger partial charge >= 0.3 is 5.97 Å². The van der Waals surface area contributed by atoms with Gasteiger partial charge in [-0.15, -0.1) is 0 Å². The first-order valence-electron chi connectivity index (χ1n) is 13.1. The van der Waals surface area contributed by atoms with Crippen molar-refractivity contribution in [2.75, 3.05) is 43.6 Å². The van der Waals surface area contributed by atoms with Gasteiger partial charge in [-0.2, -0.15) is 4.98 Å². The van der Waals surface area contributed by atoms with E-state index in [1.807, 2.05) is 36.1 Å². The summed E-state index contributed by atoms with van der Waals surface area (Å²) >= 11 is 6.63. The number of carboxylic acid groups (broad SMARTS) is 1. The van der Waals surface area contributed by atoms with Crippen molar-refractivity contribution in [3.8, 4) is 0 Å². The number of hydrogen-bond donors (Lipinski definition) is 2. The molecule has 1 unspecified atom stereocenters. The highest BCUT2D eigenvalue weighted by Gasteiger charge is 2.42. The molecule has 1 atom stereocenters. The second-order valence-electron chi connectivity index (χ2n) is 11.1. The van der Waals surface area contributed by atoms with Crippen molar-refractivity contribution in [3.63, 3.8) is 0 Å². The Labute approximate surface area is 227 Å². The molecule has 0 bridgehead atoms. The summed E-state index contributed by atoms with van der Waals surface area (Å²) in [5, 5.41) is 13.4. The molecule has 0 spiro atoms. The monoisotopic (exact) mass is 533 g/mol. The number of halogens is 1. The lowest BCUT2D eigenvalue weighted by atomic mass is 9.81. The summed E-state index contributed by atoms with van der Waals surface area (Å²) in [6.45, 7) is 6.08. The number of benzene rings is 2. The van der Waals surface area contributed by atoms with Gasteiger partial charge in [-0.05, 0) is 60.3 Å². The number of carboxylic acids is 1. The number of nitrogens with zero attached hydrogens (tertiary/aromatic N) is 4. The van der Waals surface area contributed by atoms with Crippen LogP contribution in [0.1, 0.15) is 35.6 Å². The van der Waals surface area contributed by atoms with Crippen molar-refractivity contribution in [3.05, 3.63) is 69.9 Å². The molecule has 0 radical (unpaired) electrons. The quantitative estimate of drug-likeness (QED) is 0.441. The second kappa shape index (κ2) is 9.84. The van der Waals surface area contributed by atoms with Crippen LogP contribution >= 0.6 is 11.6 Å². The Morgan fingerprint density at radius 1 is 1.29 bits per heavy atom. The van der Waals surface area contributed by atoms with Gasteiger partial charge in [-0.25, -0.2) is 4.98 Å². The number of nitrogens with one attached hydrogen (secondary N) is 1. The SMILES string of the molecule is CN1CCc2c(CC3COC3)cc(Nc3ncc(Cl)c(N4CC(C)(CC(=O)O)c5ccccc54)n3)cc2C1. The van der Waals surface area contributed by atoms with Crippen LogP contribution < -0.4 is 10.2 Å². The highest BCUT2D eigenvalue weighted by Crippen LogP contribution is 2.47. The topological polar surface area (TPSA) is 90.8 Å². The van der Waals surface area contributed by atoms with E-state index in [2.05, 4.69) is 34.4 Å². The molecule has 2 aromatic carbocycles. The van der Waals surface area contributed by atoms with Crippen LogP contribution in [0.25, 0.3) is 0 Å². The van der Waals surface area contributed by atoms with Crippen LogP contribution in [0, 0.1) is 5.92 Å². The third-order valence-electron chi connectivity index (χ3n) is 7.97. The molecule has 1 aromatic heterocycles. The first-order chi connectivity index (χ1) is 18.3. The van der Waals surface area contributed by atoms with E-state index in [9.17, 15) is 9.90 Å². The molecule has 3 aliphatic heterocycles. The fourth-order valence-corrected chi connectivity index (χ4v) is 6.24. The molecule has 3 aromatic rings. The number of hydrogen-bond acceptors (Lipinski definition) is 7. The van der Waals surface area contributed by atoms with Gasteiger partial charge in [0.25, 0.3) is 0 Å². The molecule has 2 N–H and O–H groups in total. The van der Waals surface area contributed by atoms with Gasteiger partial charge in [0.15, 0.2) is 5.82 Å². The summed E-state index contributed by atoms with van der Waals surface area (Å²) in [6.07, 6.45) is 3.70. The minimum absolute atomic E-state index is 0.0205. The van der Waals surface area contributed by atoms with Crippen LogP contribution in [-0.4, -0.2) is 59.3 Å². The Bertz CT molecular complexity index is 1390. The summed E-state index contributed by atoms with van der Waals surface area (Å²) in [6, 6.07) is 12.3. The Hall–Kier alpha value is -3.20. The van der Waals surface area contributed by atoms with Gasteiger partial charge < -0.3 is 25.0 Å². The zero-order valence-corrected chi connectivity index (χ0v) is 22.5. The molecule has 1 saturated heterocycles. The van der Waals surface area contributed by atoms with E-state index < -0.39 is 11.4 Å². The standard InChI is InChI=1S/C29H32ClN5O3/c1-29(12-26(36)37)17-35(25-6-4-3-5-23(25)29)27-24(30)13-31-28(33-27)32-21-10-19(9-18-15-38-16-18)22-7-8-34(2)14-20(22)11-21/h3-6,10-11,13,18H,7-9,12,14-17H2,1-2H3,(H,36,37)(H,31,32,33). The van der Waals surface area contributed by atoms with Crippen molar-refractivity contribution in [1.82, 2.24) is 14.9 Å². The molecule has 0 aliphatic carbocycles. The molecular weight excluding hydrogens is 502 g/mol. The van der Waals surface area contributed by atoms with Gasteiger partial charge in [0.2, 0.25) is 5.95 Å². The Balaban J connectivity index is 1.33. The highest BCUT2D eigenvalue weighted by atomic mass is 35.5. The highest BCUT2D eigenvalue weighted by molar-refractivity contribution is 6.33. The zero-order valence-electron chi connectivity index (χ0n) is 21.7. The molecule has 6 rings (SSSR count). The van der Waals surface area contributed by atoms with Crippen molar-refractivity contribution in [2.45, 2.75) is 38.1 Å². The number of rotatable bonds is 7. The van der Waals surface area contributed by atoms with Crippen LogP contribution in [0.2, 0.25) is 5.02 Å². The molecule has 38 heavy (non-hydrogen) atoms. The third-order valence-corrected chi connectivity index (χ3v) is 8.23. The zero-order chi connectivity index (χ0) is 26.4. The van der Waals surface area contributed by atoms with Gasteiger partial charge in [0.05, 0.1) is 25.8 Å². The average Bonchev–Trinajstić information content (AvgIpc) is 3.14. The lowest BCUT2D eigenvalue weighted by Crippen LogP contribution is -2.31. The summed E-state index contributed by atoms with van der Waals surface area (Å²) in [5.74, 6) is 0.761. The molecule has 9 heteroatoms. The normalized spacial score (nSPS) is 21.1. The van der Waals surface area contributed by atoms with E-state index >= 15 is 0 Å². The lowest BCUT2D eigenvalue weighted by molar-refractivity contribution is -0.138. The minimum Gasteiger partial charge on any atom is -0.481 e. The Morgan fingerprint density at radius 3 is 2.87 bits per heavy atom. The molecule has 0 saturated carbocycles. The van der Waals surface area contributed by atoms with Crippen LogP contribution in [0.5, 0.6) is 0 Å². The first kappa shape index (κ1) is 25.1. The van der Waals surface area contributed by atoms with Crippen molar-refractivity contribution in [1.29, 1.82) is 0 Å². The van der Waals surface area contributed by atoms with Crippen LogP contribution in [-0.2, 0) is 34.3 Å². The fourth-order valence-electron chi connectivity index (χ4n) is 6.05. The summed E-state index contributed by atoms with van der Waals surface area (Å²) in [7, 11) is 2.16. The number of aliphatic carboxylic acids is 1. The van der Waals surface area contributed by atoms with Gasteiger partial charge in [0, 0.05) is 42.3 Å². The smallest absolute Gasteiger partial charge is 0.304 e. The molecule has 4 heterocycles. The number of carbonyl (C=O) groups is 1. The summed E-state index contributed by atoms with van der Waals surface area (Å²) in [5.41, 5.74) is 6.48. The van der Waals surface area contributed by atoms with E-state index in [-0.39, 0.29) is 6.42 Å². The van der Waals surface area contributed by atoms with Crippen molar-refractivity contribution >= 4 is 40.7 Å². The van der Waals surface area contributed by atoms with E-state index in [1.165, 1.54) is 16.7 Å². The van der Waals surface area contributed by atoms with E-state index in [0.29, 0.717) is 29.3 Å². The molecule has 198 valence electrons. The molecule has 3 aliphatic rings. The maximum Gasteiger partial charge on any atom is 0.304 e. The predicted octanol–water partition coefficient (Wildman–Crippen LogP) is 4.93. The molecular formula is C29H32ClN5O3. The summed E-state index contributed by atoms with van der Waals surface area (Å²) in [4.78, 5) is 25.4. The largest absolute Gasteiger partial charge is 0.481 e. The second-order valence-corrected chi connectivity index (χ2v) is 11.5. The lowest BCUT2D eigenvalue weighted by Gasteiger charge is -2.31. The fraction of sp³-hybridized carbons (Fsp3) is 0.414. The third kappa shape index (κ3) is 4.72. The maximum absolute atomic E-state index is 11.7. The number of fused-ring (bicyclic) bond motifs is 2. The summed E-state index contributed by atoms with van der Waals surface area (Å²) < 4.78 is 5.43. The first-order valence-corrected chi connectivity index (χ1v) is 13.5. The van der Waals surface area contributed by atoms with Crippen LogP contribution in [0.15, 0.2) is 42.6 Å². The number of aromatic nitrogens is 2. The van der Waals surface area contributed by atoms with Gasteiger partial charge in [0.1, 0.15) is 5.02 Å². The van der Waals surface area contributed by atoms with E-state index in [4.69, 9.17) is 21.3 Å². The number of anilines is 4. The number of likely N-dealkylation sites (N-methyl/N-ethyl adjacent to an activating group) is 1. The molecule has 8 nitrogen and oxygen atoms in total. The predicted molar refractivity (Wildman–Crippen MR) is 148 cm³/mol. The Morgan fingerprint density at radius 2 is 2.11 bits per heavy atom. The molecule has 1 fully saturated rings. The maximum atomic E-state index is 11.7. The van der Waals surface area contributed by atoms with Gasteiger partial charge in [-0.3, -0.25) is 4.79 Å². The van der Waals surface area contributed by atoms with Gasteiger partial charge in [-0.1, -0.05) is 36.7 Å². The van der Waals surface area contributed by atoms with Crippen LogP contribution in [0.3, 0.4) is 0 Å². The van der Waals surface area contributed by atoms with Crippen molar-refractivity contribution < 1.29 is 14.6 Å². The molecule has 0 amide bonds. The van der Waals surface area contributed by atoms with E-state index in [0.717, 1.165) is 56.1 Å². The minimum atomic E-state index is -0.831. The number of ether oxygens (including phenoxy) is 1. The average molecular weight is 534 g/mol. The van der Waals surface area contributed by atoms with E-state index in [1.54, 1.807) is 6.20 Å².